The summed E-state index contributed by atoms with van der Waals surface area (Å²) in [5.41, 5.74) is 4.76. The van der Waals surface area contributed by atoms with Crippen molar-refractivity contribution in [1.82, 2.24) is 35.1 Å². The molecule has 0 atom stereocenters. The number of nitrogens with one attached hydrogen (secondary N) is 2. The summed E-state index contributed by atoms with van der Waals surface area (Å²) in [7, 11) is 0. The molecule has 0 aromatic carbocycles. The fraction of sp³-hybridized carbons (Fsp3) is 0.0870. The van der Waals surface area contributed by atoms with Crippen molar-refractivity contribution in [3.63, 3.8) is 0 Å². The van der Waals surface area contributed by atoms with Crippen LogP contribution in [0.1, 0.15) is 17.5 Å². The minimum Gasteiger partial charge on any atom is -0.336 e. The zero-order valence-electron chi connectivity index (χ0n) is 17.0. The van der Waals surface area contributed by atoms with Crippen LogP contribution in [0.25, 0.3) is 50.8 Å². The van der Waals surface area contributed by atoms with Gasteiger partial charge in [-0.2, -0.15) is 5.10 Å². The monoisotopic (exact) mass is 425 g/mol. The van der Waals surface area contributed by atoms with Crippen LogP contribution in [0.5, 0.6) is 0 Å². The van der Waals surface area contributed by atoms with Crippen LogP contribution in [-0.4, -0.2) is 35.1 Å². The fourth-order valence-electron chi connectivity index (χ4n) is 3.41. The third-order valence-corrected chi connectivity index (χ3v) is 5.94. The Labute approximate surface area is 182 Å². The number of aryl methyl sites for hydroxylation is 1. The van der Waals surface area contributed by atoms with Gasteiger partial charge in [0.2, 0.25) is 0 Å². The minimum absolute atomic E-state index is 0.667. The number of hydrogen-bond acceptors (Lipinski definition) is 6. The lowest BCUT2D eigenvalue weighted by Gasteiger charge is -1.97. The topological polar surface area (TPSA) is 96.0 Å². The normalized spacial score (nSPS) is 12.7. The molecular weight excluding hydrogens is 406 g/mol. The molecule has 0 radical (unpaired) electrons. The number of allylic oxidation sites excluding steroid dienone is 1. The molecule has 0 amide bonds. The maximum Gasteiger partial charge on any atom is 0.159 e. The van der Waals surface area contributed by atoms with Crippen LogP contribution >= 0.6 is 11.3 Å². The Bertz CT molecular complexity index is 1520. The van der Waals surface area contributed by atoms with E-state index in [-0.39, 0.29) is 0 Å². The van der Waals surface area contributed by atoms with Crippen LogP contribution in [0.4, 0.5) is 0 Å². The van der Waals surface area contributed by atoms with Gasteiger partial charge < -0.3 is 4.98 Å². The van der Waals surface area contributed by atoms with E-state index in [1.807, 2.05) is 25.1 Å². The molecule has 0 unspecified atom stereocenters. The second-order valence-electron chi connectivity index (χ2n) is 7.00. The van der Waals surface area contributed by atoms with Gasteiger partial charge in [0, 0.05) is 28.7 Å². The summed E-state index contributed by atoms with van der Waals surface area (Å²) in [4.78, 5) is 23.6. The molecule has 0 aliphatic carbocycles. The highest BCUT2D eigenvalue weighted by Crippen LogP contribution is 2.31. The summed E-state index contributed by atoms with van der Waals surface area (Å²) < 4.78 is 0. The summed E-state index contributed by atoms with van der Waals surface area (Å²) >= 11 is 1.70. The van der Waals surface area contributed by atoms with Crippen molar-refractivity contribution < 1.29 is 0 Å². The number of pyridine rings is 1. The number of fused-ring (bicyclic) bond motifs is 1. The minimum atomic E-state index is 0.667. The largest absolute Gasteiger partial charge is 0.336 e. The van der Waals surface area contributed by atoms with Gasteiger partial charge in [0.15, 0.2) is 5.82 Å². The lowest BCUT2D eigenvalue weighted by Crippen LogP contribution is -2.23. The average Bonchev–Trinajstić information content (AvgIpc) is 3.51. The highest BCUT2D eigenvalue weighted by atomic mass is 32.1. The predicted molar refractivity (Wildman–Crippen MR) is 124 cm³/mol. The standard InChI is InChI=1S/C23H19N7S/c1-4-16-15(11-13(2)18-12-24-9-10-25-18)20(30-29-16)23-27-17-7-8-26-22(21(17)28-23)19-6-5-14(3)31-19/h4-12,29H,2H2,1,3H3,(H,27,28)/b15-11+,16-4+. The summed E-state index contributed by atoms with van der Waals surface area (Å²) in [5, 5.41) is 9.39. The molecule has 5 heterocycles. The van der Waals surface area contributed by atoms with Crippen LogP contribution in [0.2, 0.25) is 0 Å². The quantitative estimate of drug-likeness (QED) is 0.460. The van der Waals surface area contributed by atoms with E-state index in [9.17, 15) is 0 Å². The SMILES string of the molecule is C=C(/C=c1/c(-c2nc3c(-c4ccc(C)s4)nccc3[nH]2)n[nH]/c1=C/C)c1cnccn1. The zero-order chi connectivity index (χ0) is 21.4. The molecule has 2 N–H and O–H groups in total. The number of hydrogen-bond donors (Lipinski definition) is 2. The molecule has 0 fully saturated rings. The number of aromatic nitrogens is 7. The average molecular weight is 426 g/mol. The highest BCUT2D eigenvalue weighted by Gasteiger charge is 2.15. The third-order valence-electron chi connectivity index (χ3n) is 4.93. The van der Waals surface area contributed by atoms with Gasteiger partial charge in [-0.25, -0.2) is 4.98 Å². The van der Waals surface area contributed by atoms with E-state index in [2.05, 4.69) is 55.8 Å². The molecule has 5 aromatic heterocycles. The van der Waals surface area contributed by atoms with Gasteiger partial charge >= 0.3 is 0 Å². The number of nitrogens with zero attached hydrogens (tertiary/aromatic N) is 5. The van der Waals surface area contributed by atoms with Crippen LogP contribution in [0.3, 0.4) is 0 Å². The van der Waals surface area contributed by atoms with Crippen LogP contribution < -0.4 is 10.6 Å². The molecule has 0 aliphatic rings. The molecule has 0 saturated carbocycles. The van der Waals surface area contributed by atoms with E-state index < -0.39 is 0 Å². The first-order valence-corrected chi connectivity index (χ1v) is 10.6. The predicted octanol–water partition coefficient (Wildman–Crippen LogP) is 3.47. The molecule has 0 bridgehead atoms. The zero-order valence-corrected chi connectivity index (χ0v) is 17.9. The van der Waals surface area contributed by atoms with E-state index >= 15 is 0 Å². The Morgan fingerprint density at radius 3 is 2.74 bits per heavy atom. The molecule has 0 aliphatic heterocycles. The van der Waals surface area contributed by atoms with Gasteiger partial charge in [0.25, 0.3) is 0 Å². The van der Waals surface area contributed by atoms with Gasteiger partial charge in [-0.1, -0.05) is 12.7 Å². The number of rotatable bonds is 4. The number of thiophene rings is 1. The van der Waals surface area contributed by atoms with E-state index in [0.717, 1.165) is 37.7 Å². The van der Waals surface area contributed by atoms with Gasteiger partial charge in [0.05, 0.1) is 27.6 Å². The van der Waals surface area contributed by atoms with E-state index in [0.29, 0.717) is 17.2 Å². The van der Waals surface area contributed by atoms with E-state index in [1.165, 1.54) is 4.88 Å². The number of aromatic amines is 2. The Morgan fingerprint density at radius 1 is 1.10 bits per heavy atom. The molecule has 5 rings (SSSR count). The first-order chi connectivity index (χ1) is 15.1. The van der Waals surface area contributed by atoms with Crippen LogP contribution in [0.15, 0.2) is 49.6 Å². The third kappa shape index (κ3) is 3.47. The lowest BCUT2D eigenvalue weighted by molar-refractivity contribution is 1.05. The first-order valence-electron chi connectivity index (χ1n) is 9.73. The Hall–Kier alpha value is -3.91. The molecule has 0 spiro atoms. The molecule has 152 valence electrons. The smallest absolute Gasteiger partial charge is 0.159 e. The highest BCUT2D eigenvalue weighted by molar-refractivity contribution is 7.15. The van der Waals surface area contributed by atoms with Gasteiger partial charge in [-0.05, 0) is 43.7 Å². The Balaban J connectivity index is 1.68. The number of imidazole rings is 1. The van der Waals surface area contributed by atoms with Crippen molar-refractivity contribution in [1.29, 1.82) is 0 Å². The maximum atomic E-state index is 4.87. The molecule has 7 nitrogen and oxygen atoms in total. The van der Waals surface area contributed by atoms with Crippen molar-refractivity contribution in [2.45, 2.75) is 13.8 Å². The summed E-state index contributed by atoms with van der Waals surface area (Å²) in [5.74, 6) is 0.667. The van der Waals surface area contributed by atoms with Crippen molar-refractivity contribution in [2.24, 2.45) is 0 Å². The first kappa shape index (κ1) is 19.1. The Kier molecular flexibility index (Phi) is 4.76. The summed E-state index contributed by atoms with van der Waals surface area (Å²) in [6.45, 7) is 8.20. The van der Waals surface area contributed by atoms with Crippen molar-refractivity contribution in [2.75, 3.05) is 0 Å². The van der Waals surface area contributed by atoms with Gasteiger partial charge in [0.1, 0.15) is 16.9 Å². The van der Waals surface area contributed by atoms with Crippen molar-refractivity contribution >= 4 is 40.1 Å². The Morgan fingerprint density at radius 2 is 2.00 bits per heavy atom. The maximum absolute atomic E-state index is 4.87. The van der Waals surface area contributed by atoms with E-state index in [1.54, 1.807) is 36.1 Å². The lowest BCUT2D eigenvalue weighted by atomic mass is 10.1. The van der Waals surface area contributed by atoms with E-state index in [4.69, 9.17) is 4.98 Å². The summed E-state index contributed by atoms with van der Waals surface area (Å²) in [6.07, 6.45) is 10.7. The molecule has 31 heavy (non-hydrogen) atoms. The number of H-pyrrole nitrogens is 2. The molecule has 5 aromatic rings. The molecule has 8 heteroatoms. The van der Waals surface area contributed by atoms with Gasteiger partial charge in [-0.15, -0.1) is 11.3 Å². The van der Waals surface area contributed by atoms with Gasteiger partial charge in [-0.3, -0.25) is 20.1 Å². The van der Waals surface area contributed by atoms with Crippen LogP contribution in [0, 0.1) is 6.92 Å². The van der Waals surface area contributed by atoms with Crippen molar-refractivity contribution in [3.05, 3.63) is 70.7 Å². The molecular formula is C23H19N7S. The second kappa shape index (κ2) is 7.73. The molecule has 0 saturated heterocycles. The second-order valence-corrected chi connectivity index (χ2v) is 8.29. The fourth-order valence-corrected chi connectivity index (χ4v) is 4.28. The van der Waals surface area contributed by atoms with Crippen molar-refractivity contribution in [3.8, 4) is 22.1 Å². The van der Waals surface area contributed by atoms with Crippen LogP contribution in [-0.2, 0) is 0 Å². The summed E-state index contributed by atoms with van der Waals surface area (Å²) in [6, 6.07) is 6.10.